The van der Waals surface area contributed by atoms with Crippen molar-refractivity contribution in [2.75, 3.05) is 0 Å². The van der Waals surface area contributed by atoms with Crippen LogP contribution in [0, 0.1) is 6.92 Å². The molecule has 0 fully saturated rings. The highest BCUT2D eigenvalue weighted by Gasteiger charge is 2.16. The molecule has 1 nitrogen and oxygen atoms in total. The van der Waals surface area contributed by atoms with Crippen molar-refractivity contribution in [3.05, 3.63) is 102 Å². The summed E-state index contributed by atoms with van der Waals surface area (Å²) in [4.78, 5) is 0. The number of rotatable bonds is 2. The molecule has 1 aromatic heterocycles. The third-order valence-electron chi connectivity index (χ3n) is 5.27. The number of nitrogens with zero attached hydrogens (tertiary/aromatic N) is 1. The number of fused-ring (bicyclic) bond motifs is 3. The Bertz CT molecular complexity index is 1170. The topological polar surface area (TPSA) is 4.93 Å². The van der Waals surface area contributed by atoms with Crippen molar-refractivity contribution in [3.8, 4) is 16.8 Å². The van der Waals surface area contributed by atoms with Crippen molar-refractivity contribution >= 4 is 23.1 Å². The zero-order valence-corrected chi connectivity index (χ0v) is 15.4. The van der Waals surface area contributed by atoms with Crippen LogP contribution in [-0.4, -0.2) is 4.57 Å². The lowest BCUT2D eigenvalue weighted by molar-refractivity contribution is 1.10. The molecular weight excluding hydrogens is 326 g/mol. The van der Waals surface area contributed by atoms with Crippen LogP contribution in [0.15, 0.2) is 84.9 Å². The first kappa shape index (κ1) is 15.9. The van der Waals surface area contributed by atoms with Crippen LogP contribution >= 0.6 is 0 Å². The minimum absolute atomic E-state index is 0.981. The molecule has 1 aliphatic carbocycles. The van der Waals surface area contributed by atoms with Crippen molar-refractivity contribution in [2.24, 2.45) is 0 Å². The third kappa shape index (κ3) is 2.72. The van der Waals surface area contributed by atoms with E-state index >= 15 is 0 Å². The first-order valence-electron chi connectivity index (χ1n) is 9.45. The Labute approximate surface area is 159 Å². The molecule has 4 aromatic rings. The lowest BCUT2D eigenvalue weighted by Gasteiger charge is -2.11. The molecule has 0 atom stereocenters. The Kier molecular flexibility index (Phi) is 3.79. The molecule has 0 spiro atoms. The summed E-state index contributed by atoms with van der Waals surface area (Å²) in [6, 6.07) is 26.2. The number of hydrogen-bond acceptors (Lipinski definition) is 0. The lowest BCUT2D eigenvalue weighted by Crippen LogP contribution is -1.97. The highest BCUT2D eigenvalue weighted by atomic mass is 15.0. The summed E-state index contributed by atoms with van der Waals surface area (Å²) in [5.74, 6) is 0. The van der Waals surface area contributed by atoms with E-state index in [4.69, 9.17) is 0 Å². The van der Waals surface area contributed by atoms with Gasteiger partial charge in [-0.15, -0.1) is 0 Å². The largest absolute Gasteiger partial charge is 0.309 e. The Morgan fingerprint density at radius 1 is 0.741 bits per heavy atom. The van der Waals surface area contributed by atoms with Gasteiger partial charge in [-0.1, -0.05) is 72.3 Å². The molecule has 3 aromatic carbocycles. The second-order valence-electron chi connectivity index (χ2n) is 7.11. The number of aryl methyl sites for hydroxylation is 1. The maximum atomic E-state index is 2.38. The molecule has 0 bridgehead atoms. The fourth-order valence-electron chi connectivity index (χ4n) is 3.94. The summed E-state index contributed by atoms with van der Waals surface area (Å²) in [5.41, 5.74) is 8.82. The van der Waals surface area contributed by atoms with Gasteiger partial charge in [-0.2, -0.15) is 0 Å². The van der Waals surface area contributed by atoms with E-state index in [1.807, 2.05) is 0 Å². The van der Waals surface area contributed by atoms with Crippen LogP contribution in [-0.2, 0) is 0 Å². The summed E-state index contributed by atoms with van der Waals surface area (Å²) in [6.45, 7) is 2.16. The van der Waals surface area contributed by atoms with Crippen LogP contribution in [0.3, 0.4) is 0 Å². The molecule has 130 valence electrons. The normalized spacial score (nSPS) is 12.9. The SMILES string of the molecule is Cc1ccc2c(c1)c1c(n2-c2ccc(-c3ccccc3)cc2)C=CCC=C1. The van der Waals surface area contributed by atoms with E-state index < -0.39 is 0 Å². The van der Waals surface area contributed by atoms with Crippen LogP contribution < -0.4 is 0 Å². The average molecular weight is 347 g/mol. The predicted octanol–water partition coefficient (Wildman–Crippen LogP) is 7.04. The van der Waals surface area contributed by atoms with Crippen molar-refractivity contribution in [1.82, 2.24) is 4.57 Å². The zero-order chi connectivity index (χ0) is 18.2. The summed E-state index contributed by atoms with van der Waals surface area (Å²) in [5, 5.41) is 1.32. The van der Waals surface area contributed by atoms with Gasteiger partial charge in [-0.25, -0.2) is 0 Å². The van der Waals surface area contributed by atoms with Gasteiger partial charge in [-0.3, -0.25) is 0 Å². The first-order valence-corrected chi connectivity index (χ1v) is 9.45. The Balaban J connectivity index is 1.71. The van der Waals surface area contributed by atoms with Crippen molar-refractivity contribution in [2.45, 2.75) is 13.3 Å². The van der Waals surface area contributed by atoms with Gasteiger partial charge in [0, 0.05) is 16.6 Å². The van der Waals surface area contributed by atoms with E-state index in [1.165, 1.54) is 44.5 Å². The number of allylic oxidation sites excluding steroid dienone is 2. The molecular formula is C26H21N. The van der Waals surface area contributed by atoms with Crippen LogP contribution in [0.2, 0.25) is 0 Å². The lowest BCUT2D eigenvalue weighted by atomic mass is 10.1. The highest BCUT2D eigenvalue weighted by molar-refractivity contribution is 5.96. The molecule has 0 saturated heterocycles. The molecule has 5 rings (SSSR count). The third-order valence-corrected chi connectivity index (χ3v) is 5.27. The zero-order valence-electron chi connectivity index (χ0n) is 15.4. The van der Waals surface area contributed by atoms with Gasteiger partial charge in [-0.05, 0) is 54.8 Å². The molecule has 1 heteroatoms. The van der Waals surface area contributed by atoms with E-state index in [9.17, 15) is 0 Å². The van der Waals surface area contributed by atoms with E-state index in [0.29, 0.717) is 0 Å². The first-order chi connectivity index (χ1) is 13.3. The summed E-state index contributed by atoms with van der Waals surface area (Å²) in [7, 11) is 0. The number of benzene rings is 3. The van der Waals surface area contributed by atoms with Crippen molar-refractivity contribution in [3.63, 3.8) is 0 Å². The molecule has 1 aliphatic rings. The fourth-order valence-corrected chi connectivity index (χ4v) is 3.94. The minimum atomic E-state index is 0.981. The fraction of sp³-hybridized carbons (Fsp3) is 0.0769. The standard InChI is InChI=1S/C26H21N/c1-19-12-17-26-24(18-19)23-10-6-3-7-11-25(23)27(26)22-15-13-21(14-16-22)20-8-4-2-5-9-20/h2,4-18H,3H2,1H3. The molecule has 0 amide bonds. The molecule has 0 saturated carbocycles. The van der Waals surface area contributed by atoms with Gasteiger partial charge in [0.15, 0.2) is 0 Å². The molecule has 27 heavy (non-hydrogen) atoms. The van der Waals surface area contributed by atoms with Crippen LogP contribution in [0.25, 0.3) is 39.9 Å². The number of aromatic nitrogens is 1. The molecule has 1 heterocycles. The molecule has 0 unspecified atom stereocenters. The summed E-state index contributed by atoms with van der Waals surface area (Å²) in [6.07, 6.45) is 9.99. The summed E-state index contributed by atoms with van der Waals surface area (Å²) >= 11 is 0. The monoisotopic (exact) mass is 347 g/mol. The molecule has 0 aliphatic heterocycles. The van der Waals surface area contributed by atoms with Crippen molar-refractivity contribution in [1.29, 1.82) is 0 Å². The summed E-state index contributed by atoms with van der Waals surface area (Å²) < 4.78 is 2.38. The van der Waals surface area contributed by atoms with Crippen molar-refractivity contribution < 1.29 is 0 Å². The second kappa shape index (κ2) is 6.44. The quantitative estimate of drug-likeness (QED) is 0.366. The Morgan fingerprint density at radius 2 is 1.48 bits per heavy atom. The van der Waals surface area contributed by atoms with Gasteiger partial charge in [0.2, 0.25) is 0 Å². The minimum Gasteiger partial charge on any atom is -0.309 e. The maximum Gasteiger partial charge on any atom is 0.0541 e. The van der Waals surface area contributed by atoms with Crippen LogP contribution in [0.1, 0.15) is 23.2 Å². The second-order valence-corrected chi connectivity index (χ2v) is 7.11. The van der Waals surface area contributed by atoms with E-state index in [0.717, 1.165) is 6.42 Å². The smallest absolute Gasteiger partial charge is 0.0541 e. The Morgan fingerprint density at radius 3 is 2.30 bits per heavy atom. The van der Waals surface area contributed by atoms with E-state index in [2.05, 4.69) is 109 Å². The van der Waals surface area contributed by atoms with Gasteiger partial charge in [0.1, 0.15) is 0 Å². The van der Waals surface area contributed by atoms with E-state index in [-0.39, 0.29) is 0 Å². The van der Waals surface area contributed by atoms with E-state index in [1.54, 1.807) is 0 Å². The van der Waals surface area contributed by atoms with Gasteiger partial charge in [0.05, 0.1) is 11.2 Å². The van der Waals surface area contributed by atoms with Gasteiger partial charge < -0.3 is 4.57 Å². The predicted molar refractivity (Wildman–Crippen MR) is 116 cm³/mol. The highest BCUT2D eigenvalue weighted by Crippen LogP contribution is 2.34. The molecule has 0 N–H and O–H groups in total. The van der Waals surface area contributed by atoms with Crippen LogP contribution in [0.4, 0.5) is 0 Å². The number of hydrogen-bond donors (Lipinski definition) is 0. The molecule has 0 radical (unpaired) electrons. The maximum absolute atomic E-state index is 2.38. The van der Waals surface area contributed by atoms with Gasteiger partial charge in [0.25, 0.3) is 0 Å². The van der Waals surface area contributed by atoms with Crippen LogP contribution in [0.5, 0.6) is 0 Å². The Hall–Kier alpha value is -3.32. The average Bonchev–Trinajstić information content (AvgIpc) is 2.85. The van der Waals surface area contributed by atoms with Gasteiger partial charge >= 0.3 is 0 Å².